The minimum absolute atomic E-state index is 0.0774. The Hall–Kier alpha value is -1.12. The van der Waals surface area contributed by atoms with Gasteiger partial charge in [-0.3, -0.25) is 9.59 Å². The molecular weight excluding hydrogens is 180 g/mol. The van der Waals surface area contributed by atoms with Gasteiger partial charge >= 0.3 is 5.97 Å². The van der Waals surface area contributed by atoms with Gasteiger partial charge in [-0.25, -0.2) is 0 Å². The maximum atomic E-state index is 11.1. The summed E-state index contributed by atoms with van der Waals surface area (Å²) in [6.07, 6.45) is 4.41. The zero-order chi connectivity index (χ0) is 10.8. The van der Waals surface area contributed by atoms with E-state index >= 15 is 0 Å². The zero-order valence-corrected chi connectivity index (χ0v) is 8.75. The molecule has 0 aromatic heterocycles. The quantitative estimate of drug-likeness (QED) is 0.260. The maximum absolute atomic E-state index is 11.1. The Morgan fingerprint density at radius 3 is 2.71 bits per heavy atom. The summed E-state index contributed by atoms with van der Waals surface area (Å²) in [5.41, 5.74) is 0. The van der Waals surface area contributed by atoms with E-state index < -0.39 is 5.97 Å². The second-order valence-electron chi connectivity index (χ2n) is 3.12. The summed E-state index contributed by atoms with van der Waals surface area (Å²) < 4.78 is 4.85. The average molecular weight is 198 g/mol. The van der Waals surface area contributed by atoms with Crippen LogP contribution in [0.2, 0.25) is 0 Å². The number of Topliss-reactive ketones (excluding diaryl/α,β-unsaturated/α-hetero) is 1. The minimum Gasteiger partial charge on any atom is -0.465 e. The van der Waals surface area contributed by atoms with Crippen molar-refractivity contribution >= 4 is 11.8 Å². The minimum atomic E-state index is -0.410. The van der Waals surface area contributed by atoms with E-state index in [1.165, 1.54) is 0 Å². The third kappa shape index (κ3) is 7.53. The average Bonchev–Trinajstić information content (AvgIpc) is 2.15. The van der Waals surface area contributed by atoms with Gasteiger partial charge in [0.2, 0.25) is 0 Å². The van der Waals surface area contributed by atoms with Crippen LogP contribution in [0.15, 0.2) is 12.7 Å². The van der Waals surface area contributed by atoms with E-state index in [1.54, 1.807) is 6.08 Å². The fraction of sp³-hybridized carbons (Fsp3) is 0.636. The third-order valence-electron chi connectivity index (χ3n) is 1.73. The molecule has 0 bridgehead atoms. The van der Waals surface area contributed by atoms with Crippen LogP contribution in [0.25, 0.3) is 0 Å². The molecule has 0 rings (SSSR count). The zero-order valence-electron chi connectivity index (χ0n) is 8.75. The van der Waals surface area contributed by atoms with Crippen molar-refractivity contribution in [2.45, 2.75) is 39.0 Å². The van der Waals surface area contributed by atoms with Crippen molar-refractivity contribution in [1.29, 1.82) is 0 Å². The van der Waals surface area contributed by atoms with Gasteiger partial charge in [-0.1, -0.05) is 19.4 Å². The molecule has 3 heteroatoms. The number of unbranched alkanes of at least 4 members (excludes halogenated alkanes) is 1. The van der Waals surface area contributed by atoms with Gasteiger partial charge in [0.05, 0.1) is 6.61 Å². The molecule has 0 atom stereocenters. The molecule has 0 saturated heterocycles. The van der Waals surface area contributed by atoms with Crippen LogP contribution in [0, 0.1) is 0 Å². The van der Waals surface area contributed by atoms with Gasteiger partial charge in [-0.15, -0.1) is 6.58 Å². The first-order chi connectivity index (χ1) is 6.70. The monoisotopic (exact) mass is 198 g/mol. The number of allylic oxidation sites excluding steroid dienone is 1. The van der Waals surface area contributed by atoms with E-state index in [2.05, 4.69) is 6.58 Å². The lowest BCUT2D eigenvalue weighted by Gasteiger charge is -2.02. The number of hydrogen-bond acceptors (Lipinski definition) is 3. The predicted octanol–water partition coefficient (Wildman–Crippen LogP) is 2.26. The highest BCUT2D eigenvalue weighted by molar-refractivity contribution is 5.95. The van der Waals surface area contributed by atoms with E-state index in [0.29, 0.717) is 19.4 Å². The molecule has 0 radical (unpaired) electrons. The van der Waals surface area contributed by atoms with Gasteiger partial charge < -0.3 is 4.74 Å². The van der Waals surface area contributed by atoms with Gasteiger partial charge in [0, 0.05) is 6.42 Å². The van der Waals surface area contributed by atoms with Crippen molar-refractivity contribution in [3.63, 3.8) is 0 Å². The largest absolute Gasteiger partial charge is 0.465 e. The van der Waals surface area contributed by atoms with Crippen LogP contribution in [0.4, 0.5) is 0 Å². The molecule has 0 unspecified atom stereocenters. The van der Waals surface area contributed by atoms with Crippen molar-refractivity contribution < 1.29 is 14.3 Å². The third-order valence-corrected chi connectivity index (χ3v) is 1.73. The lowest BCUT2D eigenvalue weighted by atomic mass is 10.2. The number of ether oxygens (including phenoxy) is 1. The number of ketones is 1. The number of carbonyl (C=O) groups is 2. The summed E-state index contributed by atoms with van der Waals surface area (Å²) >= 11 is 0. The van der Waals surface area contributed by atoms with Crippen molar-refractivity contribution in [3.05, 3.63) is 12.7 Å². The molecule has 0 aliphatic carbocycles. The Bertz CT molecular complexity index is 197. The topological polar surface area (TPSA) is 43.4 Å². The summed E-state index contributed by atoms with van der Waals surface area (Å²) in [6, 6.07) is 0. The summed E-state index contributed by atoms with van der Waals surface area (Å²) in [4.78, 5) is 22.1. The Kier molecular flexibility index (Phi) is 7.80. The van der Waals surface area contributed by atoms with Gasteiger partial charge in [0.15, 0.2) is 0 Å². The molecule has 0 aliphatic heterocycles. The number of rotatable bonds is 8. The standard InChI is InChI=1S/C11H18O3/c1-3-5-7-10(12)9-11(13)14-8-6-4-2/h3H,1,4-9H2,2H3. The molecule has 80 valence electrons. The van der Waals surface area contributed by atoms with Gasteiger partial charge in [0.25, 0.3) is 0 Å². The Morgan fingerprint density at radius 1 is 1.43 bits per heavy atom. The normalized spacial score (nSPS) is 9.50. The second kappa shape index (κ2) is 8.48. The fourth-order valence-corrected chi connectivity index (χ4v) is 0.894. The van der Waals surface area contributed by atoms with Crippen LogP contribution in [-0.4, -0.2) is 18.4 Å². The Morgan fingerprint density at radius 2 is 2.14 bits per heavy atom. The smallest absolute Gasteiger partial charge is 0.313 e. The maximum Gasteiger partial charge on any atom is 0.313 e. The van der Waals surface area contributed by atoms with Gasteiger partial charge in [-0.05, 0) is 12.8 Å². The Labute approximate surface area is 85.1 Å². The predicted molar refractivity (Wildman–Crippen MR) is 54.9 cm³/mol. The lowest BCUT2D eigenvalue weighted by molar-refractivity contribution is -0.146. The summed E-state index contributed by atoms with van der Waals surface area (Å²) in [6.45, 7) is 5.94. The molecule has 0 aromatic rings. The highest BCUT2D eigenvalue weighted by Gasteiger charge is 2.09. The number of carbonyl (C=O) groups excluding carboxylic acids is 2. The van der Waals surface area contributed by atoms with Crippen molar-refractivity contribution in [2.75, 3.05) is 6.61 Å². The first-order valence-corrected chi connectivity index (χ1v) is 4.99. The SMILES string of the molecule is C=CCCC(=O)CC(=O)OCCCC. The highest BCUT2D eigenvalue weighted by Crippen LogP contribution is 1.98. The van der Waals surface area contributed by atoms with E-state index in [9.17, 15) is 9.59 Å². The van der Waals surface area contributed by atoms with Crippen molar-refractivity contribution in [1.82, 2.24) is 0 Å². The van der Waals surface area contributed by atoms with Crippen LogP contribution < -0.4 is 0 Å². The summed E-state index contributed by atoms with van der Waals surface area (Å²) in [7, 11) is 0. The molecule has 3 nitrogen and oxygen atoms in total. The number of esters is 1. The first kappa shape index (κ1) is 12.9. The number of hydrogen-bond donors (Lipinski definition) is 0. The van der Waals surface area contributed by atoms with Crippen LogP contribution in [0.5, 0.6) is 0 Å². The molecule has 0 fully saturated rings. The molecule has 0 N–H and O–H groups in total. The summed E-state index contributed by atoms with van der Waals surface area (Å²) in [5, 5.41) is 0. The van der Waals surface area contributed by atoms with Crippen molar-refractivity contribution in [3.8, 4) is 0 Å². The van der Waals surface area contributed by atoms with E-state index in [4.69, 9.17) is 4.74 Å². The lowest BCUT2D eigenvalue weighted by Crippen LogP contribution is -2.11. The molecule has 0 saturated carbocycles. The van der Waals surface area contributed by atoms with Crippen LogP contribution >= 0.6 is 0 Å². The second-order valence-corrected chi connectivity index (χ2v) is 3.12. The fourth-order valence-electron chi connectivity index (χ4n) is 0.894. The molecule has 0 aliphatic rings. The summed E-state index contributed by atoms with van der Waals surface area (Å²) in [5.74, 6) is -0.487. The molecule has 0 amide bonds. The van der Waals surface area contributed by atoms with Crippen LogP contribution in [0.3, 0.4) is 0 Å². The molecule has 0 heterocycles. The van der Waals surface area contributed by atoms with Gasteiger partial charge in [-0.2, -0.15) is 0 Å². The van der Waals surface area contributed by atoms with Crippen LogP contribution in [-0.2, 0) is 14.3 Å². The molecule has 14 heavy (non-hydrogen) atoms. The highest BCUT2D eigenvalue weighted by atomic mass is 16.5. The van der Waals surface area contributed by atoms with Crippen LogP contribution in [0.1, 0.15) is 39.0 Å². The van der Waals surface area contributed by atoms with Gasteiger partial charge in [0.1, 0.15) is 12.2 Å². The van der Waals surface area contributed by atoms with Crippen molar-refractivity contribution in [2.24, 2.45) is 0 Å². The Balaban J connectivity index is 3.50. The van der Waals surface area contributed by atoms with E-state index in [-0.39, 0.29) is 12.2 Å². The van der Waals surface area contributed by atoms with E-state index in [1.807, 2.05) is 6.92 Å². The molecule has 0 aromatic carbocycles. The first-order valence-electron chi connectivity index (χ1n) is 4.99. The van der Waals surface area contributed by atoms with E-state index in [0.717, 1.165) is 12.8 Å². The molecular formula is C11H18O3. The molecule has 0 spiro atoms.